The molecule has 108 valence electrons. The summed E-state index contributed by atoms with van der Waals surface area (Å²) in [6.07, 6.45) is 1.46. The Morgan fingerprint density at radius 2 is 2.05 bits per heavy atom. The van der Waals surface area contributed by atoms with Crippen molar-refractivity contribution in [2.24, 2.45) is 5.10 Å². The van der Waals surface area contributed by atoms with E-state index in [2.05, 4.69) is 10.5 Å². The second kappa shape index (κ2) is 6.42. The lowest BCUT2D eigenvalue weighted by atomic mass is 10.2. The number of benzene rings is 2. The Kier molecular flexibility index (Phi) is 4.40. The summed E-state index contributed by atoms with van der Waals surface area (Å²) in [5, 5.41) is 22.5. The molecule has 0 aromatic heterocycles. The van der Waals surface area contributed by atoms with Crippen molar-refractivity contribution in [3.8, 4) is 17.2 Å². The first-order chi connectivity index (χ1) is 10.1. The molecule has 0 saturated heterocycles. The Morgan fingerprint density at radius 1 is 1.24 bits per heavy atom. The molecule has 1 amide bonds. The van der Waals surface area contributed by atoms with Crippen LogP contribution in [0, 0.1) is 0 Å². The predicted molar refractivity (Wildman–Crippen MR) is 77.8 cm³/mol. The molecule has 6 heteroatoms. The number of ether oxygens (including phenoxy) is 1. The quantitative estimate of drug-likeness (QED) is 0.591. The highest BCUT2D eigenvalue weighted by Gasteiger charge is 2.10. The monoisotopic (exact) mass is 286 g/mol. The van der Waals surface area contributed by atoms with Crippen LogP contribution in [-0.2, 0) is 0 Å². The molecule has 0 spiro atoms. The molecule has 0 saturated carbocycles. The van der Waals surface area contributed by atoms with E-state index in [4.69, 9.17) is 9.84 Å². The maximum Gasteiger partial charge on any atom is 0.275 e. The molecule has 0 aliphatic rings. The first-order valence-electron chi connectivity index (χ1n) is 6.09. The number of hydrogen-bond donors (Lipinski definition) is 3. The normalized spacial score (nSPS) is 10.5. The van der Waals surface area contributed by atoms with Crippen LogP contribution >= 0.6 is 0 Å². The summed E-state index contributed by atoms with van der Waals surface area (Å²) in [5.41, 5.74) is 3.07. The number of nitrogens with one attached hydrogen (secondary N) is 1. The first kappa shape index (κ1) is 14.4. The largest absolute Gasteiger partial charge is 0.508 e. The molecule has 21 heavy (non-hydrogen) atoms. The number of amides is 1. The molecule has 2 aromatic carbocycles. The van der Waals surface area contributed by atoms with Gasteiger partial charge in [0.05, 0.1) is 18.9 Å². The molecule has 6 nitrogen and oxygen atoms in total. The molecule has 2 rings (SSSR count). The Morgan fingerprint density at radius 3 is 2.76 bits per heavy atom. The average molecular weight is 286 g/mol. The van der Waals surface area contributed by atoms with Gasteiger partial charge in [-0.1, -0.05) is 12.1 Å². The molecule has 0 aliphatic carbocycles. The Bertz CT molecular complexity index is 683. The van der Waals surface area contributed by atoms with Gasteiger partial charge in [0.25, 0.3) is 5.91 Å². The molecular formula is C15H14N2O4. The van der Waals surface area contributed by atoms with Gasteiger partial charge in [-0.05, 0) is 29.8 Å². The van der Waals surface area contributed by atoms with Crippen molar-refractivity contribution in [1.29, 1.82) is 0 Å². The van der Waals surface area contributed by atoms with Gasteiger partial charge in [-0.3, -0.25) is 4.79 Å². The van der Waals surface area contributed by atoms with Crippen LogP contribution in [0.5, 0.6) is 17.2 Å². The van der Waals surface area contributed by atoms with E-state index >= 15 is 0 Å². The van der Waals surface area contributed by atoms with Crippen LogP contribution in [0.4, 0.5) is 0 Å². The Labute approximate surface area is 121 Å². The zero-order valence-electron chi connectivity index (χ0n) is 11.3. The van der Waals surface area contributed by atoms with E-state index in [1.807, 2.05) is 0 Å². The van der Waals surface area contributed by atoms with Crippen molar-refractivity contribution in [3.05, 3.63) is 53.6 Å². The lowest BCUT2D eigenvalue weighted by Crippen LogP contribution is -2.17. The van der Waals surface area contributed by atoms with Crippen LogP contribution < -0.4 is 10.2 Å². The van der Waals surface area contributed by atoms with Crippen LogP contribution in [0.25, 0.3) is 0 Å². The molecular weight excluding hydrogens is 272 g/mol. The van der Waals surface area contributed by atoms with Crippen LogP contribution in [0.1, 0.15) is 15.9 Å². The number of nitrogens with zero attached hydrogens (tertiary/aromatic N) is 1. The maximum absolute atomic E-state index is 11.8. The van der Waals surface area contributed by atoms with Crippen molar-refractivity contribution in [2.75, 3.05) is 7.11 Å². The number of carbonyl (C=O) groups excluding carboxylic acids is 1. The fourth-order valence-corrected chi connectivity index (χ4v) is 1.66. The van der Waals surface area contributed by atoms with E-state index in [-0.39, 0.29) is 17.1 Å². The lowest BCUT2D eigenvalue weighted by molar-refractivity contribution is 0.0952. The van der Waals surface area contributed by atoms with E-state index in [0.29, 0.717) is 5.75 Å². The highest BCUT2D eigenvalue weighted by molar-refractivity contribution is 5.97. The standard InChI is InChI=1S/C15H14N2O4/c1-21-12-4-2-3-10(7-12)9-16-17-15(20)13-6-5-11(18)8-14(13)19/h2-9,18-19H,1H3,(H,17,20)/b16-9-. The molecule has 3 N–H and O–H groups in total. The fourth-order valence-electron chi connectivity index (χ4n) is 1.66. The number of hydrazone groups is 1. The summed E-state index contributed by atoms with van der Waals surface area (Å²) >= 11 is 0. The summed E-state index contributed by atoms with van der Waals surface area (Å²) < 4.78 is 5.07. The minimum Gasteiger partial charge on any atom is -0.508 e. The van der Waals surface area contributed by atoms with Gasteiger partial charge in [0.1, 0.15) is 17.2 Å². The predicted octanol–water partition coefficient (Wildman–Crippen LogP) is 1.87. The van der Waals surface area contributed by atoms with Crippen molar-refractivity contribution in [3.63, 3.8) is 0 Å². The molecule has 0 heterocycles. The van der Waals surface area contributed by atoms with Crippen molar-refractivity contribution in [2.45, 2.75) is 0 Å². The minimum atomic E-state index is -0.577. The van der Waals surface area contributed by atoms with Gasteiger partial charge < -0.3 is 14.9 Å². The summed E-state index contributed by atoms with van der Waals surface area (Å²) in [6.45, 7) is 0. The zero-order valence-corrected chi connectivity index (χ0v) is 11.3. The lowest BCUT2D eigenvalue weighted by Gasteiger charge is -2.03. The summed E-state index contributed by atoms with van der Waals surface area (Å²) in [6, 6.07) is 10.9. The molecule has 0 unspecified atom stereocenters. The van der Waals surface area contributed by atoms with E-state index in [1.54, 1.807) is 31.4 Å². The smallest absolute Gasteiger partial charge is 0.275 e. The van der Waals surface area contributed by atoms with E-state index in [9.17, 15) is 9.90 Å². The number of methoxy groups -OCH3 is 1. The van der Waals surface area contributed by atoms with E-state index in [0.717, 1.165) is 11.6 Å². The zero-order chi connectivity index (χ0) is 15.2. The van der Waals surface area contributed by atoms with E-state index in [1.165, 1.54) is 18.3 Å². The first-order valence-corrected chi connectivity index (χ1v) is 6.09. The second-order valence-electron chi connectivity index (χ2n) is 4.18. The highest BCUT2D eigenvalue weighted by atomic mass is 16.5. The number of rotatable bonds is 4. The number of phenols is 2. The Balaban J connectivity index is 2.04. The van der Waals surface area contributed by atoms with Crippen LogP contribution in [0.3, 0.4) is 0 Å². The molecule has 0 aliphatic heterocycles. The molecule has 0 fully saturated rings. The maximum atomic E-state index is 11.8. The molecule has 0 bridgehead atoms. The third-order valence-electron chi connectivity index (χ3n) is 2.70. The molecule has 2 aromatic rings. The number of aromatic hydroxyl groups is 2. The number of hydrogen-bond acceptors (Lipinski definition) is 5. The van der Waals surface area contributed by atoms with Gasteiger partial charge in [-0.2, -0.15) is 5.10 Å². The second-order valence-corrected chi connectivity index (χ2v) is 4.18. The van der Waals surface area contributed by atoms with Gasteiger partial charge in [0.15, 0.2) is 0 Å². The van der Waals surface area contributed by atoms with Gasteiger partial charge in [0.2, 0.25) is 0 Å². The van der Waals surface area contributed by atoms with Crippen molar-refractivity contribution < 1.29 is 19.7 Å². The summed E-state index contributed by atoms with van der Waals surface area (Å²) in [4.78, 5) is 11.8. The highest BCUT2D eigenvalue weighted by Crippen LogP contribution is 2.22. The van der Waals surface area contributed by atoms with Gasteiger partial charge in [-0.15, -0.1) is 0 Å². The molecule has 0 atom stereocenters. The van der Waals surface area contributed by atoms with Crippen LogP contribution in [0.2, 0.25) is 0 Å². The van der Waals surface area contributed by atoms with Gasteiger partial charge >= 0.3 is 0 Å². The SMILES string of the molecule is COc1cccc(/C=N\NC(=O)c2ccc(O)cc2O)c1. The number of phenolic OH excluding ortho intramolecular Hbond substituents is 2. The Hall–Kier alpha value is -3.02. The van der Waals surface area contributed by atoms with Crippen LogP contribution in [-0.4, -0.2) is 29.4 Å². The van der Waals surface area contributed by atoms with Crippen LogP contribution in [0.15, 0.2) is 47.6 Å². The average Bonchev–Trinajstić information content (AvgIpc) is 2.47. The van der Waals surface area contributed by atoms with Crippen molar-refractivity contribution >= 4 is 12.1 Å². The minimum absolute atomic E-state index is 0.0237. The third-order valence-corrected chi connectivity index (χ3v) is 2.70. The van der Waals surface area contributed by atoms with Crippen molar-refractivity contribution in [1.82, 2.24) is 5.43 Å². The summed E-state index contributed by atoms with van der Waals surface area (Å²) in [7, 11) is 1.56. The van der Waals surface area contributed by atoms with Gasteiger partial charge in [-0.25, -0.2) is 5.43 Å². The topological polar surface area (TPSA) is 91.2 Å². The van der Waals surface area contributed by atoms with Gasteiger partial charge in [0, 0.05) is 6.07 Å². The van der Waals surface area contributed by atoms with E-state index < -0.39 is 5.91 Å². The number of carbonyl (C=O) groups is 1. The third kappa shape index (κ3) is 3.73. The molecule has 0 radical (unpaired) electrons. The summed E-state index contributed by atoms with van der Waals surface area (Å²) in [5.74, 6) is -0.332. The fraction of sp³-hybridized carbons (Fsp3) is 0.0667.